The van der Waals surface area contributed by atoms with Crippen LogP contribution in [0.3, 0.4) is 0 Å². The van der Waals surface area contributed by atoms with Gasteiger partial charge in [0, 0.05) is 9.85 Å². The van der Waals surface area contributed by atoms with Gasteiger partial charge in [-0.3, -0.25) is 4.79 Å². The third kappa shape index (κ3) is 2.24. The van der Waals surface area contributed by atoms with E-state index in [2.05, 4.69) is 21.2 Å². The first kappa shape index (κ1) is 10.3. The molecule has 2 nitrogen and oxygen atoms in total. The lowest BCUT2D eigenvalue weighted by molar-refractivity contribution is 0.0931. The number of rotatable bonds is 2. The predicted octanol–water partition coefficient (Wildman–Crippen LogP) is 2.84. The standard InChI is InChI=1S/C10H12BrNOS/c11-7-5-9(14-6-7)10(13)8-3-1-2-4-12-8/h5-6,8,12H,1-4H2. The molecule has 1 fully saturated rings. The van der Waals surface area contributed by atoms with Crippen LogP contribution in [-0.2, 0) is 0 Å². The second-order valence-corrected chi connectivity index (χ2v) is 5.32. The molecule has 1 aromatic rings. The van der Waals surface area contributed by atoms with E-state index in [1.807, 2.05) is 11.4 Å². The van der Waals surface area contributed by atoms with Crippen LogP contribution in [0.5, 0.6) is 0 Å². The number of carbonyl (C=O) groups excluding carboxylic acids is 1. The summed E-state index contributed by atoms with van der Waals surface area (Å²) < 4.78 is 1.00. The van der Waals surface area contributed by atoms with Gasteiger partial charge < -0.3 is 5.32 Å². The summed E-state index contributed by atoms with van der Waals surface area (Å²) in [5.41, 5.74) is 0. The maximum atomic E-state index is 11.9. The lowest BCUT2D eigenvalue weighted by atomic mass is 10.0. The van der Waals surface area contributed by atoms with Crippen molar-refractivity contribution in [3.63, 3.8) is 0 Å². The molecule has 76 valence electrons. The molecule has 1 aromatic heterocycles. The maximum absolute atomic E-state index is 11.9. The number of Topliss-reactive ketones (excluding diaryl/α,β-unsaturated/α-hetero) is 1. The summed E-state index contributed by atoms with van der Waals surface area (Å²) in [4.78, 5) is 12.8. The Hall–Kier alpha value is -0.190. The molecule has 0 radical (unpaired) electrons. The summed E-state index contributed by atoms with van der Waals surface area (Å²) in [6, 6.07) is 1.96. The average Bonchev–Trinajstić information content (AvgIpc) is 2.65. The summed E-state index contributed by atoms with van der Waals surface area (Å²) in [5, 5.41) is 5.22. The largest absolute Gasteiger partial charge is 0.307 e. The van der Waals surface area contributed by atoms with Gasteiger partial charge in [0.25, 0.3) is 0 Å². The Balaban J connectivity index is 2.07. The SMILES string of the molecule is O=C(c1cc(Br)cs1)C1CCCCN1. The monoisotopic (exact) mass is 273 g/mol. The van der Waals surface area contributed by atoms with Gasteiger partial charge in [-0.25, -0.2) is 0 Å². The van der Waals surface area contributed by atoms with Gasteiger partial charge in [-0.05, 0) is 41.4 Å². The molecule has 0 aromatic carbocycles. The molecule has 4 heteroatoms. The summed E-state index contributed by atoms with van der Waals surface area (Å²) in [6.07, 6.45) is 3.34. The van der Waals surface area contributed by atoms with Crippen molar-refractivity contribution in [2.24, 2.45) is 0 Å². The Morgan fingerprint density at radius 3 is 3.00 bits per heavy atom. The summed E-state index contributed by atoms with van der Waals surface area (Å²) >= 11 is 4.88. The zero-order chi connectivity index (χ0) is 9.97. The summed E-state index contributed by atoms with van der Waals surface area (Å²) in [5.74, 6) is 0.250. The molecule has 1 aliphatic rings. The number of carbonyl (C=O) groups is 1. The van der Waals surface area contributed by atoms with Crippen LogP contribution in [-0.4, -0.2) is 18.4 Å². The highest BCUT2D eigenvalue weighted by Gasteiger charge is 2.22. The number of thiophene rings is 1. The Kier molecular flexibility index (Phi) is 3.36. The van der Waals surface area contributed by atoms with Crippen molar-refractivity contribution >= 4 is 33.0 Å². The Morgan fingerprint density at radius 1 is 1.57 bits per heavy atom. The highest BCUT2D eigenvalue weighted by Crippen LogP contribution is 2.22. The lowest BCUT2D eigenvalue weighted by Gasteiger charge is -2.21. The molecule has 0 spiro atoms. The van der Waals surface area contributed by atoms with E-state index in [0.29, 0.717) is 0 Å². The molecular weight excluding hydrogens is 262 g/mol. The van der Waals surface area contributed by atoms with E-state index in [0.717, 1.165) is 28.7 Å². The van der Waals surface area contributed by atoms with Crippen molar-refractivity contribution in [1.82, 2.24) is 5.32 Å². The van der Waals surface area contributed by atoms with Crippen LogP contribution >= 0.6 is 27.3 Å². The molecular formula is C10H12BrNOS. The van der Waals surface area contributed by atoms with Crippen molar-refractivity contribution in [3.05, 3.63) is 20.8 Å². The van der Waals surface area contributed by atoms with E-state index < -0.39 is 0 Å². The number of nitrogens with one attached hydrogen (secondary N) is 1. The number of halogens is 1. The second-order valence-electron chi connectivity index (χ2n) is 3.50. The minimum absolute atomic E-state index is 0.0503. The fourth-order valence-electron chi connectivity index (χ4n) is 1.69. The zero-order valence-corrected chi connectivity index (χ0v) is 10.2. The number of piperidine rings is 1. The minimum atomic E-state index is 0.0503. The summed E-state index contributed by atoms with van der Waals surface area (Å²) in [7, 11) is 0. The van der Waals surface area contributed by atoms with Gasteiger partial charge in [0.2, 0.25) is 0 Å². The van der Waals surface area contributed by atoms with Gasteiger partial charge in [0.15, 0.2) is 5.78 Å². The van der Waals surface area contributed by atoms with Crippen LogP contribution < -0.4 is 5.32 Å². The van der Waals surface area contributed by atoms with Crippen LogP contribution in [0.1, 0.15) is 28.9 Å². The van der Waals surface area contributed by atoms with Gasteiger partial charge >= 0.3 is 0 Å². The Bertz CT molecular complexity index is 331. The third-order valence-corrected chi connectivity index (χ3v) is 4.14. The normalized spacial score (nSPS) is 22.2. The molecule has 1 unspecified atom stereocenters. The molecule has 0 aliphatic carbocycles. The van der Waals surface area contributed by atoms with E-state index >= 15 is 0 Å². The van der Waals surface area contributed by atoms with Gasteiger partial charge in [-0.15, -0.1) is 11.3 Å². The number of hydrogen-bond acceptors (Lipinski definition) is 3. The third-order valence-electron chi connectivity index (χ3n) is 2.44. The van der Waals surface area contributed by atoms with Crippen molar-refractivity contribution < 1.29 is 4.79 Å². The second kappa shape index (κ2) is 4.55. The first-order valence-electron chi connectivity index (χ1n) is 4.79. The molecule has 0 amide bonds. The van der Waals surface area contributed by atoms with Crippen molar-refractivity contribution in [3.8, 4) is 0 Å². The van der Waals surface area contributed by atoms with E-state index in [1.54, 1.807) is 0 Å². The predicted molar refractivity (Wildman–Crippen MR) is 62.0 cm³/mol. The lowest BCUT2D eigenvalue weighted by Crippen LogP contribution is -2.40. The fraction of sp³-hybridized carbons (Fsp3) is 0.500. The quantitative estimate of drug-likeness (QED) is 0.840. The van der Waals surface area contributed by atoms with Gasteiger partial charge in [-0.1, -0.05) is 6.42 Å². The molecule has 2 rings (SSSR count). The van der Waals surface area contributed by atoms with Crippen molar-refractivity contribution in [2.45, 2.75) is 25.3 Å². The van der Waals surface area contributed by atoms with Gasteiger partial charge in [0.1, 0.15) is 0 Å². The van der Waals surface area contributed by atoms with E-state index in [1.165, 1.54) is 17.8 Å². The average molecular weight is 274 g/mol. The smallest absolute Gasteiger partial charge is 0.189 e. The molecule has 0 bridgehead atoms. The van der Waals surface area contributed by atoms with Crippen molar-refractivity contribution in [2.75, 3.05) is 6.54 Å². The first-order chi connectivity index (χ1) is 6.77. The van der Waals surface area contributed by atoms with Crippen LogP contribution in [0, 0.1) is 0 Å². The van der Waals surface area contributed by atoms with Crippen LogP contribution in [0.2, 0.25) is 0 Å². The first-order valence-corrected chi connectivity index (χ1v) is 6.46. The minimum Gasteiger partial charge on any atom is -0.307 e. The molecule has 1 aliphatic heterocycles. The Labute approximate surface area is 95.8 Å². The molecule has 1 atom stereocenters. The molecule has 1 saturated heterocycles. The van der Waals surface area contributed by atoms with Gasteiger partial charge in [0.05, 0.1) is 10.9 Å². The van der Waals surface area contributed by atoms with Crippen LogP contribution in [0.4, 0.5) is 0 Å². The van der Waals surface area contributed by atoms with Gasteiger partial charge in [-0.2, -0.15) is 0 Å². The van der Waals surface area contributed by atoms with Crippen LogP contribution in [0.25, 0.3) is 0 Å². The maximum Gasteiger partial charge on any atom is 0.189 e. The van der Waals surface area contributed by atoms with Crippen LogP contribution in [0.15, 0.2) is 15.9 Å². The topological polar surface area (TPSA) is 29.1 Å². The van der Waals surface area contributed by atoms with E-state index in [-0.39, 0.29) is 11.8 Å². The fourth-order valence-corrected chi connectivity index (χ4v) is 3.11. The molecule has 1 N–H and O–H groups in total. The zero-order valence-electron chi connectivity index (χ0n) is 7.75. The Morgan fingerprint density at radius 2 is 2.43 bits per heavy atom. The van der Waals surface area contributed by atoms with Crippen molar-refractivity contribution in [1.29, 1.82) is 0 Å². The number of ketones is 1. The highest BCUT2D eigenvalue weighted by molar-refractivity contribution is 9.10. The van der Waals surface area contributed by atoms with E-state index in [9.17, 15) is 4.79 Å². The summed E-state index contributed by atoms with van der Waals surface area (Å²) in [6.45, 7) is 0.975. The number of hydrogen-bond donors (Lipinski definition) is 1. The molecule has 0 saturated carbocycles. The van der Waals surface area contributed by atoms with E-state index in [4.69, 9.17) is 0 Å². The molecule has 2 heterocycles. The highest BCUT2D eigenvalue weighted by atomic mass is 79.9. The molecule has 14 heavy (non-hydrogen) atoms.